The number of benzene rings is 2. The fourth-order valence-corrected chi connectivity index (χ4v) is 2.51. The van der Waals surface area contributed by atoms with Gasteiger partial charge in [0, 0.05) is 22.3 Å². The van der Waals surface area contributed by atoms with Gasteiger partial charge in [0.2, 0.25) is 0 Å². The normalized spacial score (nSPS) is 10.8. The van der Waals surface area contributed by atoms with E-state index in [1.165, 1.54) is 11.6 Å². The molecule has 0 aliphatic rings. The van der Waals surface area contributed by atoms with Crippen LogP contribution in [0.5, 0.6) is 5.75 Å². The molecule has 0 amide bonds. The molecule has 2 rings (SSSR count). The SMILES string of the molecule is Cc1ccc(NCc2cc(Br)ccc2OC(F)F)c(C)c1. The summed E-state index contributed by atoms with van der Waals surface area (Å²) in [6, 6.07) is 11.0. The Hall–Kier alpha value is -1.62. The maximum absolute atomic E-state index is 12.4. The monoisotopic (exact) mass is 355 g/mol. The molecule has 0 spiro atoms. The zero-order chi connectivity index (χ0) is 15.4. The van der Waals surface area contributed by atoms with Gasteiger partial charge in [-0.15, -0.1) is 0 Å². The summed E-state index contributed by atoms with van der Waals surface area (Å²) in [6.45, 7) is 1.61. The van der Waals surface area contributed by atoms with E-state index in [9.17, 15) is 8.78 Å². The Morgan fingerprint density at radius 3 is 2.57 bits per heavy atom. The predicted molar refractivity (Wildman–Crippen MR) is 84.0 cm³/mol. The van der Waals surface area contributed by atoms with Crippen molar-refractivity contribution in [2.24, 2.45) is 0 Å². The highest BCUT2D eigenvalue weighted by atomic mass is 79.9. The number of halogens is 3. The van der Waals surface area contributed by atoms with Crippen LogP contribution in [0.2, 0.25) is 0 Å². The lowest BCUT2D eigenvalue weighted by molar-refractivity contribution is -0.0504. The van der Waals surface area contributed by atoms with E-state index in [0.29, 0.717) is 12.1 Å². The molecule has 1 N–H and O–H groups in total. The number of alkyl halides is 2. The van der Waals surface area contributed by atoms with E-state index in [4.69, 9.17) is 0 Å². The van der Waals surface area contributed by atoms with Gasteiger partial charge in [-0.05, 0) is 43.7 Å². The molecule has 0 saturated carbocycles. The van der Waals surface area contributed by atoms with Crippen LogP contribution >= 0.6 is 15.9 Å². The minimum atomic E-state index is -2.83. The van der Waals surface area contributed by atoms with Crippen LogP contribution in [0.1, 0.15) is 16.7 Å². The highest BCUT2D eigenvalue weighted by molar-refractivity contribution is 9.10. The van der Waals surface area contributed by atoms with Crippen molar-refractivity contribution >= 4 is 21.6 Å². The van der Waals surface area contributed by atoms with Crippen molar-refractivity contribution in [1.29, 1.82) is 0 Å². The average molecular weight is 356 g/mol. The zero-order valence-corrected chi connectivity index (χ0v) is 13.4. The average Bonchev–Trinajstić information content (AvgIpc) is 2.40. The maximum atomic E-state index is 12.4. The van der Waals surface area contributed by atoms with Gasteiger partial charge in [-0.3, -0.25) is 0 Å². The third-order valence-electron chi connectivity index (χ3n) is 3.09. The molecule has 0 unspecified atom stereocenters. The zero-order valence-electron chi connectivity index (χ0n) is 11.8. The quantitative estimate of drug-likeness (QED) is 0.787. The first-order valence-electron chi connectivity index (χ1n) is 6.50. The first-order valence-corrected chi connectivity index (χ1v) is 7.29. The standard InChI is InChI=1S/C16H16BrF2NO/c1-10-3-5-14(11(2)7-10)20-9-12-8-13(17)4-6-15(12)21-16(18)19/h3-8,16,20H,9H2,1-2H3. The van der Waals surface area contributed by atoms with Crippen LogP contribution in [-0.2, 0) is 6.54 Å². The fourth-order valence-electron chi connectivity index (χ4n) is 2.10. The Kier molecular flexibility index (Phi) is 5.17. The summed E-state index contributed by atoms with van der Waals surface area (Å²) >= 11 is 3.34. The molecule has 112 valence electrons. The second-order valence-corrected chi connectivity index (χ2v) is 5.72. The Bertz CT molecular complexity index is 632. The van der Waals surface area contributed by atoms with Gasteiger partial charge in [0.05, 0.1) is 0 Å². The summed E-state index contributed by atoms with van der Waals surface area (Å²) < 4.78 is 30.2. The molecule has 0 radical (unpaired) electrons. The van der Waals surface area contributed by atoms with E-state index in [-0.39, 0.29) is 5.75 Å². The van der Waals surface area contributed by atoms with Crippen molar-refractivity contribution in [3.8, 4) is 5.75 Å². The third kappa shape index (κ3) is 4.43. The Morgan fingerprint density at radius 2 is 1.90 bits per heavy atom. The summed E-state index contributed by atoms with van der Waals surface area (Å²) in [5, 5.41) is 3.25. The largest absolute Gasteiger partial charge is 0.434 e. The predicted octanol–water partition coefficient (Wildman–Crippen LogP) is 5.28. The molecule has 0 bridgehead atoms. The molecule has 0 saturated heterocycles. The molecule has 0 aromatic heterocycles. The Morgan fingerprint density at radius 1 is 1.14 bits per heavy atom. The van der Waals surface area contributed by atoms with Crippen LogP contribution in [0.25, 0.3) is 0 Å². The van der Waals surface area contributed by atoms with Crippen LogP contribution < -0.4 is 10.1 Å². The lowest BCUT2D eigenvalue weighted by atomic mass is 10.1. The number of aryl methyl sites for hydroxylation is 2. The van der Waals surface area contributed by atoms with Crippen LogP contribution in [0.4, 0.5) is 14.5 Å². The van der Waals surface area contributed by atoms with Crippen molar-refractivity contribution in [2.45, 2.75) is 27.0 Å². The Labute approximate surface area is 131 Å². The summed E-state index contributed by atoms with van der Waals surface area (Å²) in [5.74, 6) is 0.186. The van der Waals surface area contributed by atoms with Crippen LogP contribution in [0.15, 0.2) is 40.9 Å². The Balaban J connectivity index is 2.16. The first-order chi connectivity index (χ1) is 9.95. The van der Waals surface area contributed by atoms with Crippen LogP contribution in [0, 0.1) is 13.8 Å². The molecule has 2 aromatic rings. The van der Waals surface area contributed by atoms with E-state index < -0.39 is 6.61 Å². The van der Waals surface area contributed by atoms with E-state index in [2.05, 4.69) is 32.0 Å². The number of ether oxygens (including phenoxy) is 1. The van der Waals surface area contributed by atoms with Crippen molar-refractivity contribution in [3.63, 3.8) is 0 Å². The fraction of sp³-hybridized carbons (Fsp3) is 0.250. The van der Waals surface area contributed by atoms with Crippen molar-refractivity contribution in [2.75, 3.05) is 5.32 Å². The number of anilines is 1. The third-order valence-corrected chi connectivity index (χ3v) is 3.58. The van der Waals surface area contributed by atoms with E-state index in [1.54, 1.807) is 12.1 Å². The molecular weight excluding hydrogens is 340 g/mol. The molecule has 0 fully saturated rings. The van der Waals surface area contributed by atoms with E-state index in [0.717, 1.165) is 15.7 Å². The van der Waals surface area contributed by atoms with Crippen molar-refractivity contribution < 1.29 is 13.5 Å². The van der Waals surface area contributed by atoms with Crippen molar-refractivity contribution in [1.82, 2.24) is 0 Å². The minimum absolute atomic E-state index is 0.186. The molecule has 2 nitrogen and oxygen atoms in total. The van der Waals surface area contributed by atoms with Gasteiger partial charge in [-0.1, -0.05) is 33.6 Å². The topological polar surface area (TPSA) is 21.3 Å². The van der Waals surface area contributed by atoms with E-state index >= 15 is 0 Å². The molecule has 21 heavy (non-hydrogen) atoms. The molecule has 0 aliphatic carbocycles. The number of nitrogens with one attached hydrogen (secondary N) is 1. The molecule has 2 aromatic carbocycles. The van der Waals surface area contributed by atoms with Gasteiger partial charge in [-0.2, -0.15) is 8.78 Å². The highest BCUT2D eigenvalue weighted by Gasteiger charge is 2.10. The van der Waals surface area contributed by atoms with E-state index in [1.807, 2.05) is 26.0 Å². The van der Waals surface area contributed by atoms with Crippen LogP contribution in [-0.4, -0.2) is 6.61 Å². The lowest BCUT2D eigenvalue weighted by Crippen LogP contribution is -2.07. The summed E-state index contributed by atoms with van der Waals surface area (Å²) in [7, 11) is 0. The molecule has 0 aliphatic heterocycles. The summed E-state index contributed by atoms with van der Waals surface area (Å²) in [5.41, 5.74) is 3.94. The van der Waals surface area contributed by atoms with Gasteiger partial charge in [0.15, 0.2) is 0 Å². The summed E-state index contributed by atoms with van der Waals surface area (Å²) in [4.78, 5) is 0. The minimum Gasteiger partial charge on any atom is -0.434 e. The lowest BCUT2D eigenvalue weighted by Gasteiger charge is -2.14. The second-order valence-electron chi connectivity index (χ2n) is 4.80. The number of hydrogen-bond donors (Lipinski definition) is 1. The van der Waals surface area contributed by atoms with Gasteiger partial charge in [0.1, 0.15) is 5.75 Å². The van der Waals surface area contributed by atoms with Gasteiger partial charge in [0.25, 0.3) is 0 Å². The second kappa shape index (κ2) is 6.89. The smallest absolute Gasteiger partial charge is 0.387 e. The van der Waals surface area contributed by atoms with Gasteiger partial charge >= 0.3 is 6.61 Å². The first kappa shape index (κ1) is 15.8. The number of hydrogen-bond acceptors (Lipinski definition) is 2. The molecular formula is C16H16BrF2NO. The maximum Gasteiger partial charge on any atom is 0.387 e. The summed E-state index contributed by atoms with van der Waals surface area (Å²) in [6.07, 6.45) is 0. The molecule has 0 atom stereocenters. The highest BCUT2D eigenvalue weighted by Crippen LogP contribution is 2.26. The van der Waals surface area contributed by atoms with Gasteiger partial charge < -0.3 is 10.1 Å². The van der Waals surface area contributed by atoms with Crippen LogP contribution in [0.3, 0.4) is 0 Å². The molecule has 5 heteroatoms. The number of rotatable bonds is 5. The molecule has 0 heterocycles. The van der Waals surface area contributed by atoms with Gasteiger partial charge in [-0.25, -0.2) is 0 Å². The van der Waals surface area contributed by atoms with Crippen molar-refractivity contribution in [3.05, 3.63) is 57.6 Å².